The Morgan fingerprint density at radius 1 is 0.478 bits per heavy atom. The molecule has 0 saturated heterocycles. The van der Waals surface area contributed by atoms with Crippen LogP contribution in [0.3, 0.4) is 0 Å². The Labute approximate surface area is 148 Å². The highest BCUT2D eigenvalue weighted by atomic mass is 14.2. The monoisotopic (exact) mass is 322 g/mol. The molecule has 138 valence electrons. The fourth-order valence-electron chi connectivity index (χ4n) is 4.39. The van der Waals surface area contributed by atoms with E-state index in [1.807, 2.05) is 0 Å². The van der Waals surface area contributed by atoms with Crippen LogP contribution in [0.2, 0.25) is 0 Å². The second-order valence-corrected chi connectivity index (χ2v) is 8.75. The van der Waals surface area contributed by atoms with Crippen LogP contribution in [-0.4, -0.2) is 0 Å². The van der Waals surface area contributed by atoms with E-state index in [1.54, 1.807) is 0 Å². The molecular formula is C23H46. The Kier molecular flexibility index (Phi) is 13.1. The second kappa shape index (κ2) is 14.4. The summed E-state index contributed by atoms with van der Waals surface area (Å²) in [6.07, 6.45) is 25.3. The molecule has 0 bridgehead atoms. The van der Waals surface area contributed by atoms with Gasteiger partial charge in [0.1, 0.15) is 0 Å². The topological polar surface area (TPSA) is 0 Å². The fourth-order valence-corrected chi connectivity index (χ4v) is 4.39. The average molecular weight is 323 g/mol. The zero-order valence-electron chi connectivity index (χ0n) is 16.8. The predicted molar refractivity (Wildman–Crippen MR) is 106 cm³/mol. The van der Waals surface area contributed by atoms with E-state index in [1.165, 1.54) is 109 Å². The van der Waals surface area contributed by atoms with Gasteiger partial charge in [0.05, 0.1) is 0 Å². The Morgan fingerprint density at radius 3 is 1.09 bits per heavy atom. The Morgan fingerprint density at radius 2 is 0.783 bits per heavy atom. The van der Waals surface area contributed by atoms with Gasteiger partial charge in [-0.15, -0.1) is 0 Å². The van der Waals surface area contributed by atoms with Crippen LogP contribution in [0.25, 0.3) is 0 Å². The van der Waals surface area contributed by atoms with E-state index < -0.39 is 0 Å². The standard InChI is InChI=1S/2C8H16.C7H14/c1-8-6-4-2-3-5-7-8;1-2-8-6-4-3-5-7-8;1-7-5-3-2-4-6-7/h2*8H,2-7H2,1H3;7H,2-6H2,1H3. The molecule has 0 N–H and O–H groups in total. The highest BCUT2D eigenvalue weighted by Gasteiger charge is 2.09. The third kappa shape index (κ3) is 12.1. The molecule has 0 aromatic carbocycles. The van der Waals surface area contributed by atoms with Gasteiger partial charge >= 0.3 is 0 Å². The molecular weight excluding hydrogens is 276 g/mol. The van der Waals surface area contributed by atoms with Gasteiger partial charge in [-0.3, -0.25) is 0 Å². The first kappa shape index (κ1) is 21.0. The number of hydrogen-bond acceptors (Lipinski definition) is 0. The van der Waals surface area contributed by atoms with Crippen molar-refractivity contribution in [2.45, 2.75) is 130 Å². The smallest absolute Gasteiger partial charge is 0.0417 e. The van der Waals surface area contributed by atoms with Gasteiger partial charge in [0.15, 0.2) is 0 Å². The minimum absolute atomic E-state index is 1.03. The van der Waals surface area contributed by atoms with Gasteiger partial charge in [0, 0.05) is 0 Å². The lowest BCUT2D eigenvalue weighted by Crippen LogP contribution is -2.03. The van der Waals surface area contributed by atoms with Crippen molar-refractivity contribution in [2.75, 3.05) is 0 Å². The zero-order valence-corrected chi connectivity index (χ0v) is 16.8. The van der Waals surface area contributed by atoms with Crippen LogP contribution in [0.5, 0.6) is 0 Å². The highest BCUT2D eigenvalue weighted by molar-refractivity contribution is 4.63. The minimum Gasteiger partial charge on any atom is -0.0651 e. The molecule has 0 heteroatoms. The summed E-state index contributed by atoms with van der Waals surface area (Å²) in [6.45, 7) is 7.06. The highest BCUT2D eigenvalue weighted by Crippen LogP contribution is 2.25. The van der Waals surface area contributed by atoms with Gasteiger partial charge < -0.3 is 0 Å². The molecule has 3 rings (SSSR count). The Bertz CT molecular complexity index is 224. The van der Waals surface area contributed by atoms with Crippen LogP contribution < -0.4 is 0 Å². The minimum atomic E-state index is 1.03. The van der Waals surface area contributed by atoms with Crippen LogP contribution in [-0.2, 0) is 0 Å². The molecule has 0 amide bonds. The second-order valence-electron chi connectivity index (χ2n) is 8.75. The van der Waals surface area contributed by atoms with Crippen LogP contribution in [0.15, 0.2) is 0 Å². The fraction of sp³-hybridized carbons (Fsp3) is 1.00. The molecule has 3 aliphatic rings. The van der Waals surface area contributed by atoms with Gasteiger partial charge in [-0.1, -0.05) is 130 Å². The molecule has 3 saturated carbocycles. The van der Waals surface area contributed by atoms with Gasteiger partial charge in [-0.2, -0.15) is 0 Å². The molecule has 0 radical (unpaired) electrons. The quantitative estimate of drug-likeness (QED) is 0.424. The molecule has 3 fully saturated rings. The maximum atomic E-state index is 2.38. The summed E-state index contributed by atoms with van der Waals surface area (Å²) in [6, 6.07) is 0. The van der Waals surface area contributed by atoms with Crippen molar-refractivity contribution in [3.63, 3.8) is 0 Å². The molecule has 0 unspecified atom stereocenters. The Hall–Kier alpha value is 0. The van der Waals surface area contributed by atoms with Crippen LogP contribution >= 0.6 is 0 Å². The third-order valence-corrected chi connectivity index (χ3v) is 6.34. The van der Waals surface area contributed by atoms with Crippen molar-refractivity contribution in [3.8, 4) is 0 Å². The summed E-state index contributed by atoms with van der Waals surface area (Å²) >= 11 is 0. The van der Waals surface area contributed by atoms with E-state index in [0.29, 0.717) is 0 Å². The molecule has 0 heterocycles. The van der Waals surface area contributed by atoms with Gasteiger partial charge in [-0.05, 0) is 17.8 Å². The lowest BCUT2D eigenvalue weighted by molar-refractivity contribution is 0.349. The van der Waals surface area contributed by atoms with E-state index in [2.05, 4.69) is 20.8 Å². The first-order valence-electron chi connectivity index (χ1n) is 11.2. The Balaban J connectivity index is 0.000000173. The lowest BCUT2D eigenvalue weighted by atomic mass is 9.88. The molecule has 23 heavy (non-hydrogen) atoms. The van der Waals surface area contributed by atoms with E-state index in [4.69, 9.17) is 0 Å². The summed E-state index contributed by atoms with van der Waals surface area (Å²) in [5.41, 5.74) is 0. The maximum Gasteiger partial charge on any atom is -0.0417 e. The van der Waals surface area contributed by atoms with Crippen molar-refractivity contribution in [1.82, 2.24) is 0 Å². The van der Waals surface area contributed by atoms with E-state index >= 15 is 0 Å². The van der Waals surface area contributed by atoms with Crippen molar-refractivity contribution >= 4 is 0 Å². The van der Waals surface area contributed by atoms with Crippen LogP contribution in [0.1, 0.15) is 130 Å². The van der Waals surface area contributed by atoms with Crippen molar-refractivity contribution in [3.05, 3.63) is 0 Å². The van der Waals surface area contributed by atoms with Gasteiger partial charge in [-0.25, -0.2) is 0 Å². The predicted octanol–water partition coefficient (Wildman–Crippen LogP) is 8.54. The lowest BCUT2D eigenvalue weighted by Gasteiger charge is -2.18. The zero-order chi connectivity index (χ0) is 16.8. The molecule has 0 nitrogen and oxygen atoms in total. The van der Waals surface area contributed by atoms with Crippen molar-refractivity contribution < 1.29 is 0 Å². The number of hydrogen-bond donors (Lipinski definition) is 0. The van der Waals surface area contributed by atoms with Gasteiger partial charge in [0.25, 0.3) is 0 Å². The van der Waals surface area contributed by atoms with E-state index in [-0.39, 0.29) is 0 Å². The normalized spacial score (nSPS) is 24.7. The first-order valence-corrected chi connectivity index (χ1v) is 11.2. The maximum absolute atomic E-state index is 2.38. The van der Waals surface area contributed by atoms with Crippen LogP contribution in [0.4, 0.5) is 0 Å². The number of rotatable bonds is 1. The first-order chi connectivity index (χ1) is 11.2. The molecule has 3 aliphatic carbocycles. The summed E-state index contributed by atoms with van der Waals surface area (Å²) < 4.78 is 0. The van der Waals surface area contributed by atoms with Crippen LogP contribution in [0, 0.1) is 17.8 Å². The van der Waals surface area contributed by atoms with E-state index in [9.17, 15) is 0 Å². The average Bonchev–Trinajstić information content (AvgIpc) is 2.85. The molecule has 0 spiro atoms. The summed E-state index contributed by atoms with van der Waals surface area (Å²) in [5.74, 6) is 3.15. The van der Waals surface area contributed by atoms with Crippen molar-refractivity contribution in [2.24, 2.45) is 17.8 Å². The van der Waals surface area contributed by atoms with Gasteiger partial charge in [0.2, 0.25) is 0 Å². The molecule has 0 atom stereocenters. The molecule has 0 aromatic heterocycles. The molecule has 0 aliphatic heterocycles. The van der Waals surface area contributed by atoms with Crippen molar-refractivity contribution in [1.29, 1.82) is 0 Å². The summed E-state index contributed by atoms with van der Waals surface area (Å²) in [5, 5.41) is 0. The third-order valence-electron chi connectivity index (χ3n) is 6.34. The van der Waals surface area contributed by atoms with E-state index in [0.717, 1.165) is 17.8 Å². The SMILES string of the molecule is CC1CCCCC1.CC1CCCCCC1.CCC1CCCCC1. The summed E-state index contributed by atoms with van der Waals surface area (Å²) in [4.78, 5) is 0. The molecule has 0 aromatic rings. The largest absolute Gasteiger partial charge is 0.0651 e. The summed E-state index contributed by atoms with van der Waals surface area (Å²) in [7, 11) is 0.